The van der Waals surface area contributed by atoms with E-state index in [1.54, 1.807) is 24.0 Å². The van der Waals surface area contributed by atoms with Crippen LogP contribution in [0.25, 0.3) is 11.5 Å². The van der Waals surface area contributed by atoms with Gasteiger partial charge in [-0.25, -0.2) is 14.2 Å². The second kappa shape index (κ2) is 7.74. The van der Waals surface area contributed by atoms with Crippen molar-refractivity contribution in [3.05, 3.63) is 66.0 Å². The van der Waals surface area contributed by atoms with Crippen molar-refractivity contribution in [1.29, 1.82) is 0 Å². The molecule has 9 heteroatoms. The predicted octanol–water partition coefficient (Wildman–Crippen LogP) is 2.69. The Morgan fingerprint density at radius 2 is 2.00 bits per heavy atom. The van der Waals surface area contributed by atoms with Crippen LogP contribution >= 0.6 is 0 Å². The number of ether oxygens (including phenoxy) is 1. The average Bonchev–Trinajstić information content (AvgIpc) is 3.39. The first-order valence-electron chi connectivity index (χ1n) is 10.6. The highest BCUT2D eigenvalue weighted by Gasteiger charge is 2.36. The number of amides is 1. The van der Waals surface area contributed by atoms with Crippen molar-refractivity contribution in [3.63, 3.8) is 0 Å². The molecule has 0 unspecified atom stereocenters. The molecule has 0 radical (unpaired) electrons. The Morgan fingerprint density at radius 1 is 1.19 bits per heavy atom. The number of benzene rings is 1. The molecule has 0 fully saturated rings. The number of nitrogens with zero attached hydrogens (tertiary/aromatic N) is 6. The van der Waals surface area contributed by atoms with Gasteiger partial charge in [0.05, 0.1) is 37.2 Å². The molecule has 1 atom stereocenters. The van der Waals surface area contributed by atoms with Crippen molar-refractivity contribution in [2.24, 2.45) is 5.41 Å². The summed E-state index contributed by atoms with van der Waals surface area (Å²) in [4.78, 5) is 21.2. The number of hydrogen-bond donors (Lipinski definition) is 1. The van der Waals surface area contributed by atoms with E-state index >= 15 is 0 Å². The third-order valence-electron chi connectivity index (χ3n) is 5.88. The summed E-state index contributed by atoms with van der Waals surface area (Å²) in [5.74, 6) is 1.26. The Kier molecular flexibility index (Phi) is 4.88. The van der Waals surface area contributed by atoms with E-state index in [-0.39, 0.29) is 23.8 Å². The van der Waals surface area contributed by atoms with E-state index in [1.165, 1.54) is 6.33 Å². The van der Waals surface area contributed by atoms with E-state index < -0.39 is 0 Å². The number of nitrogens with one attached hydrogen (secondary N) is 1. The van der Waals surface area contributed by atoms with Gasteiger partial charge in [0, 0.05) is 18.0 Å². The minimum Gasteiger partial charge on any atom is -0.497 e. The largest absolute Gasteiger partial charge is 0.497 e. The first-order chi connectivity index (χ1) is 15.4. The normalized spacial score (nSPS) is 17.2. The van der Waals surface area contributed by atoms with Gasteiger partial charge < -0.3 is 10.1 Å². The Morgan fingerprint density at radius 3 is 2.78 bits per heavy atom. The second-order valence-corrected chi connectivity index (χ2v) is 8.97. The number of aromatic nitrogens is 6. The zero-order chi connectivity index (χ0) is 22.3. The molecule has 1 amide bonds. The van der Waals surface area contributed by atoms with E-state index in [0.29, 0.717) is 5.78 Å². The number of fused-ring (bicyclic) bond motifs is 2. The first kappa shape index (κ1) is 20.2. The van der Waals surface area contributed by atoms with Crippen LogP contribution < -0.4 is 10.1 Å². The summed E-state index contributed by atoms with van der Waals surface area (Å²) in [7, 11) is 1.65. The Hall–Kier alpha value is -3.75. The molecular formula is C23H25N7O2. The fourth-order valence-corrected chi connectivity index (χ4v) is 4.40. The van der Waals surface area contributed by atoms with Crippen LogP contribution in [-0.2, 0) is 17.6 Å². The quantitative estimate of drug-likeness (QED) is 0.522. The van der Waals surface area contributed by atoms with Crippen molar-refractivity contribution in [2.75, 3.05) is 7.11 Å². The lowest BCUT2D eigenvalue weighted by Gasteiger charge is -2.36. The van der Waals surface area contributed by atoms with Gasteiger partial charge in [-0.3, -0.25) is 4.79 Å². The molecule has 3 heterocycles. The summed E-state index contributed by atoms with van der Waals surface area (Å²) in [6, 6.07) is 7.74. The highest BCUT2D eigenvalue weighted by atomic mass is 16.5. The maximum absolute atomic E-state index is 12.9. The van der Waals surface area contributed by atoms with E-state index in [1.807, 2.05) is 35.1 Å². The van der Waals surface area contributed by atoms with Crippen LogP contribution in [0.3, 0.4) is 0 Å². The Labute approximate surface area is 185 Å². The van der Waals surface area contributed by atoms with Crippen LogP contribution in [-0.4, -0.2) is 42.4 Å². The standard InChI is InChI=1S/C23H25N7O2/c1-23(2)9-19(28-21(31)8-15-11-24-22-25-14-27-29(22)13-15)18-12-26-30(20(18)10-23)16-4-6-17(32-3)7-5-16/h4-7,11-14,19H,8-10H2,1-3H3,(H,28,31)/t19-/m0/s1. The third-order valence-corrected chi connectivity index (χ3v) is 5.88. The number of carbonyl (C=O) groups excluding carboxylic acids is 1. The molecule has 1 aliphatic carbocycles. The smallest absolute Gasteiger partial charge is 0.252 e. The van der Waals surface area contributed by atoms with Gasteiger partial charge in [-0.05, 0) is 48.1 Å². The third kappa shape index (κ3) is 3.81. The van der Waals surface area contributed by atoms with Crippen molar-refractivity contribution in [1.82, 2.24) is 34.7 Å². The monoisotopic (exact) mass is 431 g/mol. The summed E-state index contributed by atoms with van der Waals surface area (Å²) in [5.41, 5.74) is 3.98. The minimum atomic E-state index is -0.101. The molecule has 0 aliphatic heterocycles. The van der Waals surface area contributed by atoms with E-state index in [9.17, 15) is 4.79 Å². The second-order valence-electron chi connectivity index (χ2n) is 8.97. The molecule has 0 bridgehead atoms. The van der Waals surface area contributed by atoms with Crippen molar-refractivity contribution >= 4 is 11.7 Å². The zero-order valence-corrected chi connectivity index (χ0v) is 18.3. The molecule has 4 aromatic rings. The first-order valence-corrected chi connectivity index (χ1v) is 10.6. The van der Waals surface area contributed by atoms with Crippen LogP contribution in [0.5, 0.6) is 5.75 Å². The number of rotatable bonds is 5. The van der Waals surface area contributed by atoms with Crippen LogP contribution in [0.1, 0.15) is 43.1 Å². The summed E-state index contributed by atoms with van der Waals surface area (Å²) in [5, 5.41) is 12.0. The lowest BCUT2D eigenvalue weighted by atomic mass is 9.74. The van der Waals surface area contributed by atoms with Gasteiger partial charge in [0.25, 0.3) is 5.78 Å². The maximum Gasteiger partial charge on any atom is 0.252 e. The number of carbonyl (C=O) groups is 1. The van der Waals surface area contributed by atoms with Crippen LogP contribution in [0.2, 0.25) is 0 Å². The maximum atomic E-state index is 12.9. The Bertz CT molecular complexity index is 1270. The van der Waals surface area contributed by atoms with Gasteiger partial charge >= 0.3 is 0 Å². The minimum absolute atomic E-state index is 0.0242. The van der Waals surface area contributed by atoms with Crippen molar-refractivity contribution in [2.45, 2.75) is 39.2 Å². The van der Waals surface area contributed by atoms with Gasteiger partial charge in [-0.15, -0.1) is 0 Å². The summed E-state index contributed by atoms with van der Waals surface area (Å²) in [6.07, 6.45) is 8.73. The van der Waals surface area contributed by atoms with Gasteiger partial charge in [0.2, 0.25) is 5.91 Å². The van der Waals surface area contributed by atoms with E-state index in [4.69, 9.17) is 4.74 Å². The molecule has 3 aromatic heterocycles. The molecule has 0 saturated carbocycles. The van der Waals surface area contributed by atoms with Gasteiger partial charge in [-0.2, -0.15) is 15.2 Å². The number of methoxy groups -OCH3 is 1. The fraction of sp³-hybridized carbons (Fsp3) is 0.348. The molecule has 32 heavy (non-hydrogen) atoms. The van der Waals surface area contributed by atoms with E-state index in [0.717, 1.165) is 41.1 Å². The molecule has 164 valence electrons. The summed E-state index contributed by atoms with van der Waals surface area (Å²) < 4.78 is 8.81. The molecule has 1 aliphatic rings. The van der Waals surface area contributed by atoms with Gasteiger partial charge in [0.15, 0.2) is 0 Å². The predicted molar refractivity (Wildman–Crippen MR) is 118 cm³/mol. The van der Waals surface area contributed by atoms with Crippen LogP contribution in [0, 0.1) is 5.41 Å². The lowest BCUT2D eigenvalue weighted by molar-refractivity contribution is -0.121. The molecule has 9 nitrogen and oxygen atoms in total. The zero-order valence-electron chi connectivity index (χ0n) is 18.3. The van der Waals surface area contributed by atoms with Crippen LogP contribution in [0.4, 0.5) is 0 Å². The molecule has 0 saturated heterocycles. The van der Waals surface area contributed by atoms with Crippen molar-refractivity contribution < 1.29 is 9.53 Å². The average molecular weight is 432 g/mol. The summed E-state index contributed by atoms with van der Waals surface area (Å²) >= 11 is 0. The SMILES string of the molecule is COc1ccc(-n2ncc3c2CC(C)(C)C[C@@H]3NC(=O)Cc2cnc3ncnn3c2)cc1. The molecule has 0 spiro atoms. The number of hydrogen-bond acceptors (Lipinski definition) is 6. The lowest BCUT2D eigenvalue weighted by Crippen LogP contribution is -2.37. The molecule has 1 N–H and O–H groups in total. The van der Waals surface area contributed by atoms with Gasteiger partial charge in [0.1, 0.15) is 12.1 Å². The highest BCUT2D eigenvalue weighted by molar-refractivity contribution is 5.79. The van der Waals surface area contributed by atoms with Crippen LogP contribution in [0.15, 0.2) is 49.2 Å². The topological polar surface area (TPSA) is 99.2 Å². The summed E-state index contributed by atoms with van der Waals surface area (Å²) in [6.45, 7) is 4.45. The molecular weight excluding hydrogens is 406 g/mol. The highest BCUT2D eigenvalue weighted by Crippen LogP contribution is 2.41. The Balaban J connectivity index is 1.39. The van der Waals surface area contributed by atoms with Gasteiger partial charge in [-0.1, -0.05) is 13.8 Å². The molecule has 1 aromatic carbocycles. The van der Waals surface area contributed by atoms with E-state index in [2.05, 4.69) is 39.3 Å². The fourth-order valence-electron chi connectivity index (χ4n) is 4.40. The van der Waals surface area contributed by atoms with Crippen molar-refractivity contribution in [3.8, 4) is 11.4 Å². The molecule has 5 rings (SSSR count).